The van der Waals surface area contributed by atoms with Crippen molar-refractivity contribution in [1.82, 2.24) is 16.0 Å². The van der Waals surface area contributed by atoms with Gasteiger partial charge in [-0.2, -0.15) is 5.26 Å². The van der Waals surface area contributed by atoms with Gasteiger partial charge in [-0.05, 0) is 48.5 Å². The van der Waals surface area contributed by atoms with Crippen molar-refractivity contribution in [2.24, 2.45) is 0 Å². The van der Waals surface area contributed by atoms with Crippen molar-refractivity contribution in [1.29, 1.82) is 5.26 Å². The molecule has 0 bridgehead atoms. The molecule has 0 spiro atoms. The monoisotopic (exact) mass is 360 g/mol. The van der Waals surface area contributed by atoms with Crippen LogP contribution < -0.4 is 16.0 Å². The summed E-state index contributed by atoms with van der Waals surface area (Å²) in [5, 5.41) is 21.1. The molecule has 1 atom stereocenters. The lowest BCUT2D eigenvalue weighted by atomic mass is 10.0. The fourth-order valence-electron chi connectivity index (χ4n) is 2.33. The summed E-state index contributed by atoms with van der Waals surface area (Å²) in [5.74, 6) is -0.236. The molecule has 0 fully saturated rings. The number of rotatable bonds is 6. The van der Waals surface area contributed by atoms with E-state index in [1.165, 1.54) is 4.70 Å². The van der Waals surface area contributed by atoms with Gasteiger partial charge in [0.15, 0.2) is 5.11 Å². The second-order valence-electron chi connectivity index (χ2n) is 5.66. The van der Waals surface area contributed by atoms with Crippen molar-refractivity contribution in [2.75, 3.05) is 6.54 Å². The van der Waals surface area contributed by atoms with E-state index in [1.807, 2.05) is 32.0 Å². The van der Waals surface area contributed by atoms with E-state index >= 15 is 0 Å². The molecule has 1 aromatic carbocycles. The molecule has 1 aromatic heterocycles. The summed E-state index contributed by atoms with van der Waals surface area (Å²) in [5.41, 5.74) is 1.09. The summed E-state index contributed by atoms with van der Waals surface area (Å²) in [6.07, 6.45) is 0.501. The maximum atomic E-state index is 12.4. The van der Waals surface area contributed by atoms with Crippen LogP contribution in [0, 0.1) is 11.3 Å². The number of thiophene rings is 1. The lowest BCUT2D eigenvalue weighted by Crippen LogP contribution is -2.52. The Morgan fingerprint density at radius 3 is 2.79 bits per heavy atom. The van der Waals surface area contributed by atoms with E-state index < -0.39 is 6.04 Å². The number of benzene rings is 1. The van der Waals surface area contributed by atoms with Gasteiger partial charge in [-0.1, -0.05) is 18.2 Å². The Kier molecular flexibility index (Phi) is 6.53. The van der Waals surface area contributed by atoms with Crippen LogP contribution in [0.1, 0.15) is 19.4 Å². The maximum absolute atomic E-state index is 12.4. The zero-order chi connectivity index (χ0) is 17.5. The molecular weight excluding hydrogens is 340 g/mol. The molecule has 0 saturated heterocycles. The summed E-state index contributed by atoms with van der Waals surface area (Å²) in [4.78, 5) is 12.4. The van der Waals surface area contributed by atoms with Crippen molar-refractivity contribution in [2.45, 2.75) is 32.4 Å². The summed E-state index contributed by atoms with van der Waals surface area (Å²) in [6, 6.07) is 9.67. The third-order valence-corrected chi connectivity index (χ3v) is 4.62. The number of nitrogens with zero attached hydrogens (tertiary/aromatic N) is 1. The normalized spacial score (nSPS) is 11.8. The first-order valence-corrected chi connectivity index (χ1v) is 8.97. The standard InChI is InChI=1S/C17H20N4OS2/c1-11(2)20-17(23)21-14(16(22)19-8-7-18)9-12-10-24-15-6-4-3-5-13(12)15/h3-6,10-11,14H,8-9H2,1-2H3,(H,19,22)(H2,20,21,23). The Labute approximate surface area is 151 Å². The van der Waals surface area contributed by atoms with Crippen molar-refractivity contribution < 1.29 is 4.79 Å². The minimum atomic E-state index is -0.532. The molecule has 0 radical (unpaired) electrons. The predicted molar refractivity (Wildman–Crippen MR) is 102 cm³/mol. The topological polar surface area (TPSA) is 76.9 Å². The molecular formula is C17H20N4OS2. The zero-order valence-electron chi connectivity index (χ0n) is 13.6. The number of carbonyl (C=O) groups excluding carboxylic acids is 1. The summed E-state index contributed by atoms with van der Waals surface area (Å²) >= 11 is 6.92. The Balaban J connectivity index is 2.17. The van der Waals surface area contributed by atoms with Gasteiger partial charge in [-0.3, -0.25) is 4.79 Å². The largest absolute Gasteiger partial charge is 0.361 e. The molecule has 7 heteroatoms. The van der Waals surface area contributed by atoms with E-state index in [9.17, 15) is 4.79 Å². The molecule has 1 unspecified atom stereocenters. The van der Waals surface area contributed by atoms with E-state index in [1.54, 1.807) is 11.3 Å². The molecule has 0 aliphatic rings. The summed E-state index contributed by atoms with van der Waals surface area (Å²) < 4.78 is 1.19. The zero-order valence-corrected chi connectivity index (χ0v) is 15.3. The minimum absolute atomic E-state index is 0.0221. The number of nitrogens with one attached hydrogen (secondary N) is 3. The fraction of sp³-hybridized carbons (Fsp3) is 0.353. The highest BCUT2D eigenvalue weighted by atomic mass is 32.1. The van der Waals surface area contributed by atoms with Crippen molar-refractivity contribution in [3.63, 3.8) is 0 Å². The van der Waals surface area contributed by atoms with Gasteiger partial charge in [0.05, 0.1) is 6.07 Å². The molecule has 1 amide bonds. The fourth-order valence-corrected chi connectivity index (χ4v) is 3.69. The van der Waals surface area contributed by atoms with Crippen LogP contribution in [0.4, 0.5) is 0 Å². The third-order valence-electron chi connectivity index (χ3n) is 3.37. The van der Waals surface area contributed by atoms with Crippen LogP contribution in [0.25, 0.3) is 10.1 Å². The molecule has 0 aliphatic carbocycles. The number of thiocarbonyl (C=S) groups is 1. The summed E-state index contributed by atoms with van der Waals surface area (Å²) in [6.45, 7) is 3.93. The Hall–Kier alpha value is -2.17. The average Bonchev–Trinajstić information content (AvgIpc) is 2.94. The Morgan fingerprint density at radius 1 is 1.33 bits per heavy atom. The van der Waals surface area contributed by atoms with Gasteiger partial charge in [0, 0.05) is 17.2 Å². The first-order valence-electron chi connectivity index (χ1n) is 7.68. The second kappa shape index (κ2) is 8.62. The smallest absolute Gasteiger partial charge is 0.243 e. The number of fused-ring (bicyclic) bond motifs is 1. The first kappa shape index (κ1) is 18.2. The van der Waals surface area contributed by atoms with Gasteiger partial charge in [-0.15, -0.1) is 11.3 Å². The predicted octanol–water partition coefficient (Wildman–Crippen LogP) is 2.32. The average molecular weight is 361 g/mol. The van der Waals surface area contributed by atoms with Gasteiger partial charge >= 0.3 is 0 Å². The lowest BCUT2D eigenvalue weighted by Gasteiger charge is -2.21. The quantitative estimate of drug-likeness (QED) is 0.544. The van der Waals surface area contributed by atoms with Gasteiger partial charge in [0.25, 0.3) is 0 Å². The minimum Gasteiger partial charge on any atom is -0.361 e. The van der Waals surface area contributed by atoms with Gasteiger partial charge < -0.3 is 16.0 Å². The molecule has 24 heavy (non-hydrogen) atoms. The highest BCUT2D eigenvalue weighted by Gasteiger charge is 2.21. The van der Waals surface area contributed by atoms with Gasteiger partial charge in [-0.25, -0.2) is 0 Å². The molecule has 0 aliphatic heterocycles. The number of hydrogen-bond acceptors (Lipinski definition) is 4. The molecule has 1 heterocycles. The van der Waals surface area contributed by atoms with Crippen LogP contribution in [0.15, 0.2) is 29.6 Å². The van der Waals surface area contributed by atoms with Crippen molar-refractivity contribution in [3.8, 4) is 6.07 Å². The maximum Gasteiger partial charge on any atom is 0.243 e. The Bertz CT molecular complexity index is 763. The number of amides is 1. The van der Waals surface area contributed by atoms with Crippen molar-refractivity contribution in [3.05, 3.63) is 35.2 Å². The van der Waals surface area contributed by atoms with Gasteiger partial charge in [0.2, 0.25) is 5.91 Å². The molecule has 3 N–H and O–H groups in total. The van der Waals surface area contributed by atoms with Crippen LogP contribution in [0.2, 0.25) is 0 Å². The van der Waals surface area contributed by atoms with E-state index in [2.05, 4.69) is 33.5 Å². The molecule has 2 aromatic rings. The first-order chi connectivity index (χ1) is 11.5. The van der Waals surface area contributed by atoms with Crippen molar-refractivity contribution >= 4 is 44.7 Å². The molecule has 5 nitrogen and oxygen atoms in total. The summed E-state index contributed by atoms with van der Waals surface area (Å²) in [7, 11) is 0. The number of hydrogen-bond donors (Lipinski definition) is 3. The van der Waals surface area contributed by atoms with E-state index in [0.717, 1.165) is 10.9 Å². The van der Waals surface area contributed by atoms with E-state index in [4.69, 9.17) is 17.5 Å². The van der Waals surface area contributed by atoms with E-state index in [0.29, 0.717) is 11.5 Å². The van der Waals surface area contributed by atoms with Crippen LogP contribution in [0.3, 0.4) is 0 Å². The SMILES string of the molecule is CC(C)NC(=S)NC(Cc1csc2ccccc12)C(=O)NCC#N. The number of nitriles is 1. The van der Waals surface area contributed by atoms with Crippen LogP contribution in [-0.2, 0) is 11.2 Å². The lowest BCUT2D eigenvalue weighted by molar-refractivity contribution is -0.122. The molecule has 126 valence electrons. The Morgan fingerprint density at radius 2 is 2.08 bits per heavy atom. The molecule has 0 saturated carbocycles. The number of carbonyl (C=O) groups is 1. The highest BCUT2D eigenvalue weighted by molar-refractivity contribution is 7.80. The highest BCUT2D eigenvalue weighted by Crippen LogP contribution is 2.26. The molecule has 2 rings (SSSR count). The van der Waals surface area contributed by atoms with Crippen LogP contribution in [0.5, 0.6) is 0 Å². The van der Waals surface area contributed by atoms with Gasteiger partial charge in [0.1, 0.15) is 12.6 Å². The second-order valence-corrected chi connectivity index (χ2v) is 6.98. The van der Waals surface area contributed by atoms with Crippen LogP contribution in [-0.4, -0.2) is 29.6 Å². The van der Waals surface area contributed by atoms with Crippen LogP contribution >= 0.6 is 23.6 Å². The third kappa shape index (κ3) is 4.91. The van der Waals surface area contributed by atoms with E-state index in [-0.39, 0.29) is 18.5 Å².